The van der Waals surface area contributed by atoms with E-state index in [0.29, 0.717) is 28.7 Å². The molecule has 8 nitrogen and oxygen atoms in total. The van der Waals surface area contributed by atoms with Crippen molar-refractivity contribution in [3.8, 4) is 28.2 Å². The Bertz CT molecular complexity index is 2080. The molecule has 1 fully saturated rings. The zero-order chi connectivity index (χ0) is 31.7. The molecule has 0 aliphatic heterocycles. The fraction of sp³-hybridized carbons (Fsp3) is 0.242. The van der Waals surface area contributed by atoms with Gasteiger partial charge in [0.05, 0.1) is 16.3 Å². The highest BCUT2D eigenvalue weighted by Crippen LogP contribution is 2.36. The Morgan fingerprint density at radius 2 is 1.98 bits per heavy atom. The number of aryl methyl sites for hydroxylation is 1. The molecule has 0 radical (unpaired) electrons. The molecule has 1 saturated carbocycles. The minimum atomic E-state index is -4.22. The van der Waals surface area contributed by atoms with E-state index in [0.717, 1.165) is 40.1 Å². The fourth-order valence-electron chi connectivity index (χ4n) is 5.21. The van der Waals surface area contributed by atoms with E-state index in [1.807, 2.05) is 43.3 Å². The van der Waals surface area contributed by atoms with Gasteiger partial charge in [-0.1, -0.05) is 49.3 Å². The first-order chi connectivity index (χ1) is 21.5. The number of sulfonamides is 1. The molecule has 2 aromatic carbocycles. The van der Waals surface area contributed by atoms with Crippen molar-refractivity contribution >= 4 is 38.7 Å². The molecule has 3 N–H and O–H groups in total. The Labute approximate surface area is 268 Å². The summed E-state index contributed by atoms with van der Waals surface area (Å²) in [6.07, 6.45) is 5.29. The minimum Gasteiger partial charge on any atom is -0.476 e. The molecule has 12 heteroatoms. The molecule has 3 heterocycles. The van der Waals surface area contributed by atoms with Gasteiger partial charge in [-0.05, 0) is 67.6 Å². The van der Waals surface area contributed by atoms with Crippen molar-refractivity contribution < 1.29 is 22.7 Å². The van der Waals surface area contributed by atoms with Gasteiger partial charge < -0.3 is 5.11 Å². The summed E-state index contributed by atoms with van der Waals surface area (Å²) in [5, 5.41) is 21.6. The molecular weight excluding hydrogens is 632 g/mol. The van der Waals surface area contributed by atoms with E-state index >= 15 is 0 Å². The van der Waals surface area contributed by atoms with Gasteiger partial charge in [0.25, 0.3) is 0 Å². The lowest BCUT2D eigenvalue weighted by Crippen LogP contribution is -2.14. The quantitative estimate of drug-likeness (QED) is 0.163. The molecule has 0 unspecified atom stereocenters. The SMILES string of the molecule is Cc1ccc(C#Cc2cccc(-c3nn(-c4nc(C(=O)O)cs4)c(CCCC4CC4)c3Cc3ccc(S(N)(=O)=O)c(F)c3)c2)s1. The molecule has 0 amide bonds. The van der Waals surface area contributed by atoms with Crippen LogP contribution >= 0.6 is 22.7 Å². The van der Waals surface area contributed by atoms with Gasteiger partial charge in [-0.2, -0.15) is 5.10 Å². The number of primary sulfonamides is 1. The third kappa shape index (κ3) is 7.23. The zero-order valence-electron chi connectivity index (χ0n) is 24.3. The maximum absolute atomic E-state index is 14.9. The number of nitrogens with two attached hydrogens (primary N) is 1. The summed E-state index contributed by atoms with van der Waals surface area (Å²) in [7, 11) is -4.22. The summed E-state index contributed by atoms with van der Waals surface area (Å²) in [5.41, 5.74) is 4.35. The molecular formula is C33H29FN4O4S3. The van der Waals surface area contributed by atoms with Crippen molar-refractivity contribution in [3.63, 3.8) is 0 Å². The van der Waals surface area contributed by atoms with Crippen molar-refractivity contribution in [1.29, 1.82) is 0 Å². The second-order valence-corrected chi connectivity index (χ2v) is 14.7. The summed E-state index contributed by atoms with van der Waals surface area (Å²) in [6.45, 7) is 2.03. The predicted octanol–water partition coefficient (Wildman–Crippen LogP) is 6.57. The number of carboxylic acids is 1. The number of thiophene rings is 1. The molecule has 0 bridgehead atoms. The Hall–Kier alpha value is -4.15. The van der Waals surface area contributed by atoms with Crippen LogP contribution in [0.25, 0.3) is 16.4 Å². The molecule has 230 valence electrons. The number of hydrogen-bond acceptors (Lipinski definition) is 7. The van der Waals surface area contributed by atoms with E-state index in [9.17, 15) is 22.7 Å². The van der Waals surface area contributed by atoms with Gasteiger partial charge in [-0.25, -0.2) is 32.4 Å². The predicted molar refractivity (Wildman–Crippen MR) is 173 cm³/mol. The number of aromatic nitrogens is 3. The van der Waals surface area contributed by atoms with Crippen LogP contribution in [0.3, 0.4) is 0 Å². The lowest BCUT2D eigenvalue weighted by molar-refractivity contribution is 0.0691. The normalized spacial score (nSPS) is 13.0. The highest BCUT2D eigenvalue weighted by Gasteiger charge is 2.26. The molecule has 3 aromatic heterocycles. The highest BCUT2D eigenvalue weighted by molar-refractivity contribution is 7.89. The summed E-state index contributed by atoms with van der Waals surface area (Å²) >= 11 is 2.81. The number of halogens is 1. The number of hydrogen-bond donors (Lipinski definition) is 2. The van der Waals surface area contributed by atoms with Crippen LogP contribution in [0.4, 0.5) is 4.39 Å². The second kappa shape index (κ2) is 12.7. The average Bonchev–Trinajstić information content (AvgIpc) is 3.34. The van der Waals surface area contributed by atoms with Gasteiger partial charge in [-0.15, -0.1) is 22.7 Å². The Morgan fingerprint density at radius 3 is 2.64 bits per heavy atom. The molecule has 1 aliphatic rings. The lowest BCUT2D eigenvalue weighted by Gasteiger charge is -2.10. The molecule has 0 atom stereocenters. The number of thiazole rings is 1. The first-order valence-corrected chi connectivity index (χ1v) is 17.6. The number of benzene rings is 2. The van der Waals surface area contributed by atoms with Crippen LogP contribution in [0.5, 0.6) is 0 Å². The molecule has 5 aromatic rings. The standard InChI is InChI=1S/C33H29FN4O4S3/c1-20-8-13-25(44-20)14-11-22-5-2-6-24(16-22)31-26(17-23-12-15-30(27(34)18-23)45(35,41)42)29(7-3-4-21-9-10-21)38(37-31)33-36-28(19-43-33)32(39)40/h2,5-6,8,12-13,15-16,18-19,21H,3-4,7,9-10,17H2,1H3,(H,39,40)(H2,35,41,42). The van der Waals surface area contributed by atoms with Gasteiger partial charge in [0.15, 0.2) is 5.69 Å². The Morgan fingerprint density at radius 1 is 1.16 bits per heavy atom. The van der Waals surface area contributed by atoms with Crippen LogP contribution in [-0.4, -0.2) is 34.3 Å². The van der Waals surface area contributed by atoms with E-state index < -0.39 is 26.7 Å². The molecule has 6 rings (SSSR count). The topological polar surface area (TPSA) is 128 Å². The second-order valence-electron chi connectivity index (χ2n) is 11.1. The van der Waals surface area contributed by atoms with Gasteiger partial charge in [0.1, 0.15) is 10.7 Å². The minimum absolute atomic E-state index is 0.0701. The maximum Gasteiger partial charge on any atom is 0.355 e. The summed E-state index contributed by atoms with van der Waals surface area (Å²) < 4.78 is 40.3. The number of rotatable bonds is 10. The van der Waals surface area contributed by atoms with Crippen LogP contribution < -0.4 is 5.14 Å². The van der Waals surface area contributed by atoms with Gasteiger partial charge in [0, 0.05) is 33.4 Å². The van der Waals surface area contributed by atoms with E-state index in [4.69, 9.17) is 10.2 Å². The van der Waals surface area contributed by atoms with Crippen LogP contribution in [0.15, 0.2) is 64.9 Å². The van der Waals surface area contributed by atoms with E-state index in [1.165, 1.54) is 46.6 Å². The first-order valence-electron chi connectivity index (χ1n) is 14.4. The van der Waals surface area contributed by atoms with E-state index in [1.54, 1.807) is 22.1 Å². The van der Waals surface area contributed by atoms with Crippen LogP contribution in [0.2, 0.25) is 0 Å². The largest absolute Gasteiger partial charge is 0.476 e. The van der Waals surface area contributed by atoms with Crippen molar-refractivity contribution in [2.75, 3.05) is 0 Å². The Kier molecular flexibility index (Phi) is 8.70. The smallest absolute Gasteiger partial charge is 0.355 e. The summed E-state index contributed by atoms with van der Waals surface area (Å²) in [4.78, 5) is 17.6. The third-order valence-electron chi connectivity index (χ3n) is 7.60. The van der Waals surface area contributed by atoms with E-state index in [-0.39, 0.29) is 12.1 Å². The van der Waals surface area contributed by atoms with Crippen LogP contribution in [0.1, 0.15) is 68.3 Å². The van der Waals surface area contributed by atoms with Gasteiger partial charge in [0.2, 0.25) is 15.2 Å². The highest BCUT2D eigenvalue weighted by atomic mass is 32.2. The third-order valence-corrected chi connectivity index (χ3v) is 10.3. The maximum atomic E-state index is 14.9. The average molecular weight is 661 g/mol. The Balaban J connectivity index is 1.48. The molecule has 0 saturated heterocycles. The zero-order valence-corrected chi connectivity index (χ0v) is 26.7. The fourth-order valence-corrected chi connectivity index (χ4v) is 7.29. The number of carboxylic acid groups (broad SMARTS) is 1. The summed E-state index contributed by atoms with van der Waals surface area (Å²) in [6, 6.07) is 15.6. The van der Waals surface area contributed by atoms with Gasteiger partial charge >= 0.3 is 5.97 Å². The lowest BCUT2D eigenvalue weighted by atomic mass is 9.96. The van der Waals surface area contributed by atoms with Crippen LogP contribution in [-0.2, 0) is 22.9 Å². The first kappa shape index (κ1) is 30.9. The van der Waals surface area contributed by atoms with Crippen molar-refractivity contribution in [3.05, 3.63) is 104 Å². The monoisotopic (exact) mass is 660 g/mol. The summed E-state index contributed by atoms with van der Waals surface area (Å²) in [5.74, 6) is 5.11. The van der Waals surface area contributed by atoms with Crippen molar-refractivity contribution in [1.82, 2.24) is 14.8 Å². The molecule has 0 spiro atoms. The van der Waals surface area contributed by atoms with Crippen molar-refractivity contribution in [2.45, 2.75) is 50.3 Å². The molecule has 1 aliphatic carbocycles. The number of carbonyl (C=O) groups is 1. The van der Waals surface area contributed by atoms with Crippen LogP contribution in [0, 0.1) is 30.5 Å². The van der Waals surface area contributed by atoms with Gasteiger partial charge in [-0.3, -0.25) is 0 Å². The number of aromatic carboxylic acids is 1. The number of nitrogens with zero attached hydrogens (tertiary/aromatic N) is 3. The van der Waals surface area contributed by atoms with E-state index in [2.05, 4.69) is 16.8 Å². The van der Waals surface area contributed by atoms with Crippen molar-refractivity contribution in [2.24, 2.45) is 11.1 Å². The molecule has 45 heavy (non-hydrogen) atoms.